The van der Waals surface area contributed by atoms with E-state index >= 15 is 0 Å². The molecule has 0 bridgehead atoms. The number of rotatable bonds is 5. The van der Waals surface area contributed by atoms with E-state index in [1.807, 2.05) is 36.9 Å². The molecular formula is C15H21NO2S. The summed E-state index contributed by atoms with van der Waals surface area (Å²) >= 11 is 1.81. The first kappa shape index (κ1) is 14.4. The maximum absolute atomic E-state index is 12.3. The molecule has 0 unspecified atom stereocenters. The third-order valence-electron chi connectivity index (χ3n) is 3.50. The van der Waals surface area contributed by atoms with Gasteiger partial charge < -0.3 is 10.1 Å². The molecule has 4 heteroatoms. The predicted molar refractivity (Wildman–Crippen MR) is 79.1 cm³/mol. The standard InChI is InChI=1S/C15H21NO2S/c1-3-18-14(17)13(15(2)16-9-10-19-15)11-12-7-5-4-6-8-12/h4-8,13,16H,3,9-11H2,1-2H3/t13-,15+/m1/s1. The lowest BCUT2D eigenvalue weighted by Crippen LogP contribution is -2.47. The first-order valence-electron chi connectivity index (χ1n) is 6.75. The summed E-state index contributed by atoms with van der Waals surface area (Å²) in [4.78, 5) is 12.0. The van der Waals surface area contributed by atoms with Gasteiger partial charge >= 0.3 is 5.97 Å². The number of benzene rings is 1. The van der Waals surface area contributed by atoms with E-state index in [1.54, 1.807) is 0 Å². The average Bonchev–Trinajstić information content (AvgIpc) is 2.85. The van der Waals surface area contributed by atoms with Gasteiger partial charge in [0, 0.05) is 12.3 Å². The van der Waals surface area contributed by atoms with Gasteiger partial charge in [0.15, 0.2) is 0 Å². The zero-order valence-electron chi connectivity index (χ0n) is 11.5. The van der Waals surface area contributed by atoms with E-state index in [1.165, 1.54) is 5.56 Å². The van der Waals surface area contributed by atoms with E-state index in [0.717, 1.165) is 18.7 Å². The van der Waals surface area contributed by atoms with Crippen LogP contribution in [-0.2, 0) is 16.0 Å². The van der Waals surface area contributed by atoms with E-state index in [9.17, 15) is 4.79 Å². The molecule has 1 aliphatic heterocycles. The second kappa shape index (κ2) is 6.44. The van der Waals surface area contributed by atoms with Gasteiger partial charge in [-0.2, -0.15) is 0 Å². The van der Waals surface area contributed by atoms with Crippen molar-refractivity contribution in [3.05, 3.63) is 35.9 Å². The molecule has 2 atom stereocenters. The minimum Gasteiger partial charge on any atom is -0.466 e. The lowest BCUT2D eigenvalue weighted by atomic mass is 9.92. The molecule has 3 nitrogen and oxygen atoms in total. The van der Waals surface area contributed by atoms with Gasteiger partial charge in [-0.15, -0.1) is 11.8 Å². The van der Waals surface area contributed by atoms with E-state index < -0.39 is 0 Å². The maximum Gasteiger partial charge on any atom is 0.312 e. The van der Waals surface area contributed by atoms with E-state index in [0.29, 0.717) is 6.61 Å². The number of carbonyl (C=O) groups is 1. The molecule has 2 rings (SSSR count). The van der Waals surface area contributed by atoms with Gasteiger partial charge in [0.25, 0.3) is 0 Å². The minimum absolute atomic E-state index is 0.101. The zero-order valence-corrected chi connectivity index (χ0v) is 12.3. The highest BCUT2D eigenvalue weighted by atomic mass is 32.2. The Morgan fingerprint density at radius 3 is 2.79 bits per heavy atom. The van der Waals surface area contributed by atoms with Gasteiger partial charge in [0.05, 0.1) is 17.4 Å². The third kappa shape index (κ3) is 3.51. The van der Waals surface area contributed by atoms with Gasteiger partial charge in [-0.3, -0.25) is 4.79 Å². The second-order valence-corrected chi connectivity index (χ2v) is 6.42. The molecule has 1 aliphatic rings. The smallest absolute Gasteiger partial charge is 0.312 e. The Morgan fingerprint density at radius 2 is 2.21 bits per heavy atom. The molecular weight excluding hydrogens is 258 g/mol. The first-order valence-corrected chi connectivity index (χ1v) is 7.74. The van der Waals surface area contributed by atoms with Crippen LogP contribution in [0.25, 0.3) is 0 Å². The Labute approximate surface area is 119 Å². The number of thioether (sulfide) groups is 1. The largest absolute Gasteiger partial charge is 0.466 e. The summed E-state index contributed by atoms with van der Waals surface area (Å²) < 4.78 is 5.26. The monoisotopic (exact) mass is 279 g/mol. The Bertz CT molecular complexity index is 415. The molecule has 0 aliphatic carbocycles. The van der Waals surface area contributed by atoms with Crippen molar-refractivity contribution in [2.75, 3.05) is 18.9 Å². The normalized spacial score (nSPS) is 24.1. The van der Waals surface area contributed by atoms with Crippen molar-refractivity contribution in [3.63, 3.8) is 0 Å². The van der Waals surface area contributed by atoms with E-state index in [2.05, 4.69) is 24.4 Å². The maximum atomic E-state index is 12.3. The highest BCUT2D eigenvalue weighted by Gasteiger charge is 2.42. The SMILES string of the molecule is CCOC(=O)[C@@H](Cc1ccccc1)[C@@]1(C)NCCS1. The summed E-state index contributed by atoms with van der Waals surface area (Å²) in [6.07, 6.45) is 0.718. The Balaban J connectivity index is 2.17. The molecule has 0 aromatic heterocycles. The topological polar surface area (TPSA) is 38.3 Å². The first-order chi connectivity index (χ1) is 9.15. The van der Waals surface area contributed by atoms with Gasteiger partial charge in [-0.05, 0) is 25.8 Å². The van der Waals surface area contributed by atoms with Crippen LogP contribution in [0.1, 0.15) is 19.4 Å². The summed E-state index contributed by atoms with van der Waals surface area (Å²) in [7, 11) is 0. The zero-order chi connectivity index (χ0) is 13.7. The summed E-state index contributed by atoms with van der Waals surface area (Å²) in [5.74, 6) is 0.791. The van der Waals surface area contributed by atoms with Crippen LogP contribution in [0.4, 0.5) is 0 Å². The number of nitrogens with one attached hydrogen (secondary N) is 1. The summed E-state index contributed by atoms with van der Waals surface area (Å²) in [5, 5.41) is 3.45. The molecule has 0 saturated carbocycles. The fourth-order valence-corrected chi connectivity index (χ4v) is 3.65. The van der Waals surface area contributed by atoms with Crippen molar-refractivity contribution in [2.24, 2.45) is 5.92 Å². The van der Waals surface area contributed by atoms with Crippen molar-refractivity contribution >= 4 is 17.7 Å². The summed E-state index contributed by atoms with van der Waals surface area (Å²) in [6, 6.07) is 10.1. The fraction of sp³-hybridized carbons (Fsp3) is 0.533. The Hall–Kier alpha value is -1.00. The van der Waals surface area contributed by atoms with Crippen molar-refractivity contribution in [1.82, 2.24) is 5.32 Å². The number of carbonyl (C=O) groups excluding carboxylic acids is 1. The van der Waals surface area contributed by atoms with Crippen LogP contribution in [0.5, 0.6) is 0 Å². The molecule has 1 aromatic carbocycles. The van der Waals surface area contributed by atoms with Gasteiger partial charge in [-0.1, -0.05) is 30.3 Å². The molecule has 0 radical (unpaired) electrons. The highest BCUT2D eigenvalue weighted by molar-refractivity contribution is 8.00. The van der Waals surface area contributed by atoms with Crippen molar-refractivity contribution < 1.29 is 9.53 Å². The van der Waals surface area contributed by atoms with E-state index in [-0.39, 0.29) is 16.8 Å². The number of hydrogen-bond donors (Lipinski definition) is 1. The van der Waals surface area contributed by atoms with Crippen LogP contribution in [0.15, 0.2) is 30.3 Å². The van der Waals surface area contributed by atoms with Crippen molar-refractivity contribution in [3.8, 4) is 0 Å². The highest BCUT2D eigenvalue weighted by Crippen LogP contribution is 2.36. The van der Waals surface area contributed by atoms with Gasteiger partial charge in [0.1, 0.15) is 0 Å². The van der Waals surface area contributed by atoms with E-state index in [4.69, 9.17) is 4.74 Å². The van der Waals surface area contributed by atoms with Crippen LogP contribution in [-0.4, -0.2) is 29.7 Å². The van der Waals surface area contributed by atoms with Crippen LogP contribution in [0, 0.1) is 5.92 Å². The lowest BCUT2D eigenvalue weighted by molar-refractivity contribution is -0.149. The molecule has 0 spiro atoms. The minimum atomic E-state index is -0.220. The summed E-state index contributed by atoms with van der Waals surface area (Å²) in [6.45, 7) is 5.35. The lowest BCUT2D eigenvalue weighted by Gasteiger charge is -2.32. The number of hydrogen-bond acceptors (Lipinski definition) is 4. The summed E-state index contributed by atoms with van der Waals surface area (Å²) in [5.41, 5.74) is 1.18. The molecule has 1 N–H and O–H groups in total. The number of ether oxygens (including phenoxy) is 1. The van der Waals surface area contributed by atoms with Crippen molar-refractivity contribution in [2.45, 2.75) is 25.1 Å². The predicted octanol–water partition coefficient (Wildman–Crippen LogP) is 2.46. The van der Waals surface area contributed by atoms with Gasteiger partial charge in [-0.25, -0.2) is 0 Å². The Kier molecular flexibility index (Phi) is 4.88. The third-order valence-corrected chi connectivity index (χ3v) is 4.94. The number of esters is 1. The molecule has 19 heavy (non-hydrogen) atoms. The van der Waals surface area contributed by atoms with Crippen LogP contribution < -0.4 is 5.32 Å². The molecule has 0 amide bonds. The molecule has 1 saturated heterocycles. The average molecular weight is 279 g/mol. The van der Waals surface area contributed by atoms with Crippen LogP contribution >= 0.6 is 11.8 Å². The quantitative estimate of drug-likeness (QED) is 0.840. The molecule has 1 fully saturated rings. The van der Waals surface area contributed by atoms with Crippen molar-refractivity contribution in [1.29, 1.82) is 0 Å². The fourth-order valence-electron chi connectivity index (χ4n) is 2.43. The molecule has 1 aromatic rings. The van der Waals surface area contributed by atoms with Gasteiger partial charge in [0.2, 0.25) is 0 Å². The van der Waals surface area contributed by atoms with Crippen LogP contribution in [0.3, 0.4) is 0 Å². The second-order valence-electron chi connectivity index (χ2n) is 4.88. The molecule has 1 heterocycles. The molecule has 104 valence electrons. The Morgan fingerprint density at radius 1 is 1.47 bits per heavy atom. The van der Waals surface area contributed by atoms with Crippen LogP contribution in [0.2, 0.25) is 0 Å².